The van der Waals surface area contributed by atoms with E-state index >= 15 is 0 Å². The summed E-state index contributed by atoms with van der Waals surface area (Å²) >= 11 is 0. The van der Waals surface area contributed by atoms with Gasteiger partial charge in [0.2, 0.25) is 0 Å². The van der Waals surface area contributed by atoms with E-state index in [4.69, 9.17) is 4.74 Å². The highest BCUT2D eigenvalue weighted by molar-refractivity contribution is 5.89. The minimum atomic E-state index is -0.639. The molecular weight excluding hydrogens is 300 g/mol. The standard InChI is InChI=1S/C21H34O3/c1-7-19(4)12-16(22)20(5)13(2)8-10-21(14(3)18(19)23)11-9-15(24-6)17(20)21/h7,13-17,22H,1,8-12H2,2-6H3/t13-,14+,15+,16-,17-,19-,20+,21+/m1/s1. The van der Waals surface area contributed by atoms with Crippen LogP contribution in [0.15, 0.2) is 12.7 Å². The van der Waals surface area contributed by atoms with Crippen molar-refractivity contribution in [1.29, 1.82) is 0 Å². The molecule has 3 fully saturated rings. The second-order valence-electron chi connectivity index (χ2n) is 9.26. The van der Waals surface area contributed by atoms with E-state index in [2.05, 4.69) is 27.4 Å². The summed E-state index contributed by atoms with van der Waals surface area (Å²) in [5.41, 5.74) is -0.889. The summed E-state index contributed by atoms with van der Waals surface area (Å²) in [5, 5.41) is 11.3. The van der Waals surface area contributed by atoms with Crippen LogP contribution in [-0.2, 0) is 9.53 Å². The molecule has 3 aliphatic rings. The van der Waals surface area contributed by atoms with Crippen molar-refractivity contribution in [3.05, 3.63) is 12.7 Å². The van der Waals surface area contributed by atoms with Crippen molar-refractivity contribution in [2.45, 2.75) is 72.0 Å². The molecule has 2 bridgehead atoms. The lowest BCUT2D eigenvalue weighted by atomic mass is 9.44. The Balaban J connectivity index is 2.21. The molecule has 0 spiro atoms. The zero-order chi connectivity index (χ0) is 17.9. The van der Waals surface area contributed by atoms with Crippen LogP contribution in [0.5, 0.6) is 0 Å². The average Bonchev–Trinajstić information content (AvgIpc) is 2.96. The lowest BCUT2D eigenvalue weighted by Crippen LogP contribution is -2.62. The van der Waals surface area contributed by atoms with E-state index in [1.807, 2.05) is 6.92 Å². The molecule has 3 saturated carbocycles. The highest BCUT2D eigenvalue weighted by Gasteiger charge is 2.67. The van der Waals surface area contributed by atoms with Gasteiger partial charge in [-0.05, 0) is 56.3 Å². The largest absolute Gasteiger partial charge is 0.392 e. The summed E-state index contributed by atoms with van der Waals surface area (Å²) in [6, 6.07) is 0. The van der Waals surface area contributed by atoms with Crippen LogP contribution in [0.2, 0.25) is 0 Å². The van der Waals surface area contributed by atoms with E-state index in [9.17, 15) is 9.90 Å². The highest BCUT2D eigenvalue weighted by Crippen LogP contribution is 2.68. The molecule has 1 N–H and O–H groups in total. The first kappa shape index (κ1) is 18.1. The first-order chi connectivity index (χ1) is 11.2. The maximum atomic E-state index is 13.4. The number of carbonyl (C=O) groups is 1. The third-order valence-corrected chi connectivity index (χ3v) is 8.57. The number of carbonyl (C=O) groups excluding carboxylic acids is 1. The third kappa shape index (κ3) is 2.07. The van der Waals surface area contributed by atoms with Crippen LogP contribution in [0.25, 0.3) is 0 Å². The number of aliphatic hydroxyl groups excluding tert-OH is 1. The van der Waals surface area contributed by atoms with E-state index < -0.39 is 11.5 Å². The summed E-state index contributed by atoms with van der Waals surface area (Å²) < 4.78 is 5.89. The smallest absolute Gasteiger partial charge is 0.145 e. The molecule has 8 atom stereocenters. The molecule has 0 saturated heterocycles. The van der Waals surface area contributed by atoms with E-state index in [0.717, 1.165) is 25.7 Å². The van der Waals surface area contributed by atoms with Crippen molar-refractivity contribution >= 4 is 5.78 Å². The van der Waals surface area contributed by atoms with Crippen LogP contribution in [0.1, 0.15) is 59.8 Å². The first-order valence-corrected chi connectivity index (χ1v) is 9.56. The van der Waals surface area contributed by atoms with Gasteiger partial charge in [-0.25, -0.2) is 0 Å². The minimum absolute atomic E-state index is 0.00928. The molecule has 24 heavy (non-hydrogen) atoms. The van der Waals surface area contributed by atoms with E-state index in [0.29, 0.717) is 12.3 Å². The van der Waals surface area contributed by atoms with E-state index in [1.165, 1.54) is 0 Å². The van der Waals surface area contributed by atoms with Crippen molar-refractivity contribution in [3.8, 4) is 0 Å². The summed E-state index contributed by atoms with van der Waals surface area (Å²) in [7, 11) is 1.79. The Morgan fingerprint density at radius 3 is 2.46 bits per heavy atom. The second kappa shape index (κ2) is 5.67. The van der Waals surface area contributed by atoms with Gasteiger partial charge < -0.3 is 9.84 Å². The Kier molecular flexibility index (Phi) is 4.28. The van der Waals surface area contributed by atoms with E-state index in [1.54, 1.807) is 13.2 Å². The molecule has 0 heterocycles. The Labute approximate surface area is 146 Å². The third-order valence-electron chi connectivity index (χ3n) is 8.57. The molecular formula is C21H34O3. The molecule has 3 aliphatic carbocycles. The van der Waals surface area contributed by atoms with Crippen LogP contribution < -0.4 is 0 Å². The molecule has 3 nitrogen and oxygen atoms in total. The predicted octanol–water partition coefficient (Wildman–Crippen LogP) is 4.00. The van der Waals surface area contributed by atoms with Crippen molar-refractivity contribution in [1.82, 2.24) is 0 Å². The molecule has 0 aromatic carbocycles. The number of rotatable bonds is 2. The predicted molar refractivity (Wildman–Crippen MR) is 95.6 cm³/mol. The molecule has 3 heteroatoms. The Morgan fingerprint density at radius 2 is 1.88 bits per heavy atom. The number of allylic oxidation sites excluding steroid dienone is 1. The molecule has 0 unspecified atom stereocenters. The zero-order valence-electron chi connectivity index (χ0n) is 16.0. The van der Waals surface area contributed by atoms with Crippen LogP contribution in [-0.4, -0.2) is 30.2 Å². The molecule has 0 aliphatic heterocycles. The Hall–Kier alpha value is -0.670. The number of ketones is 1. The van der Waals surface area contributed by atoms with Gasteiger partial charge in [-0.2, -0.15) is 0 Å². The van der Waals surface area contributed by atoms with Gasteiger partial charge in [0.15, 0.2) is 0 Å². The fraction of sp³-hybridized carbons (Fsp3) is 0.857. The van der Waals surface area contributed by atoms with Gasteiger partial charge in [-0.1, -0.05) is 26.8 Å². The maximum Gasteiger partial charge on any atom is 0.145 e. The van der Waals surface area contributed by atoms with Crippen molar-refractivity contribution < 1.29 is 14.6 Å². The van der Waals surface area contributed by atoms with Gasteiger partial charge in [0.05, 0.1) is 12.2 Å². The van der Waals surface area contributed by atoms with Crippen LogP contribution in [0.3, 0.4) is 0 Å². The fourth-order valence-corrected chi connectivity index (χ4v) is 6.66. The molecule has 0 amide bonds. The van der Waals surface area contributed by atoms with Crippen molar-refractivity contribution in [2.75, 3.05) is 7.11 Å². The highest BCUT2D eigenvalue weighted by atomic mass is 16.5. The molecule has 136 valence electrons. The number of methoxy groups -OCH3 is 1. The minimum Gasteiger partial charge on any atom is -0.392 e. The number of ether oxygens (including phenoxy) is 1. The number of Topliss-reactive ketones (excluding diaryl/α,β-unsaturated/α-hetero) is 1. The van der Waals surface area contributed by atoms with Gasteiger partial charge >= 0.3 is 0 Å². The normalized spacial score (nSPS) is 54.8. The SMILES string of the molecule is C=C[C@]1(C)C[C@@H](O)[C@]2(C)[C@H](C)CC[C@]3(CC[C@H](OC)[C@@H]32)[C@@H](C)C1=O. The topological polar surface area (TPSA) is 46.5 Å². The maximum absolute atomic E-state index is 13.4. The summed E-state index contributed by atoms with van der Waals surface area (Å²) in [6.07, 6.45) is 6.08. The molecule has 0 aromatic heterocycles. The lowest BCUT2D eigenvalue weighted by Gasteiger charge is -2.61. The van der Waals surface area contributed by atoms with Crippen LogP contribution >= 0.6 is 0 Å². The zero-order valence-corrected chi connectivity index (χ0v) is 16.0. The van der Waals surface area contributed by atoms with Gasteiger partial charge in [0.1, 0.15) is 5.78 Å². The van der Waals surface area contributed by atoms with Crippen molar-refractivity contribution in [2.24, 2.45) is 34.0 Å². The summed E-state index contributed by atoms with van der Waals surface area (Å²) in [6.45, 7) is 12.6. The van der Waals surface area contributed by atoms with Gasteiger partial charge in [-0.3, -0.25) is 4.79 Å². The van der Waals surface area contributed by atoms with Gasteiger partial charge in [0, 0.05) is 23.9 Å². The number of hydrogen-bond donors (Lipinski definition) is 1. The van der Waals surface area contributed by atoms with Gasteiger partial charge in [0.25, 0.3) is 0 Å². The Bertz CT molecular complexity index is 543. The molecule has 3 rings (SSSR count). The van der Waals surface area contributed by atoms with Crippen molar-refractivity contribution in [3.63, 3.8) is 0 Å². The number of aliphatic hydroxyl groups is 1. The lowest BCUT2D eigenvalue weighted by molar-refractivity contribution is -0.188. The van der Waals surface area contributed by atoms with Crippen LogP contribution in [0.4, 0.5) is 0 Å². The van der Waals surface area contributed by atoms with Gasteiger partial charge in [-0.15, -0.1) is 6.58 Å². The first-order valence-electron chi connectivity index (χ1n) is 9.56. The Morgan fingerprint density at radius 1 is 1.25 bits per heavy atom. The second-order valence-corrected chi connectivity index (χ2v) is 9.26. The average molecular weight is 334 g/mol. The number of hydrogen-bond acceptors (Lipinski definition) is 3. The summed E-state index contributed by atoms with van der Waals surface area (Å²) in [5.74, 6) is 0.929. The monoisotopic (exact) mass is 334 g/mol. The molecule has 0 radical (unpaired) electrons. The summed E-state index contributed by atoms with van der Waals surface area (Å²) in [4.78, 5) is 13.4. The van der Waals surface area contributed by atoms with Crippen LogP contribution in [0, 0.1) is 34.0 Å². The quantitative estimate of drug-likeness (QED) is 0.777. The fourth-order valence-electron chi connectivity index (χ4n) is 6.66. The molecule has 0 aromatic rings. The van der Waals surface area contributed by atoms with E-state index in [-0.39, 0.29) is 34.6 Å².